The molecule has 0 bridgehead atoms. The van der Waals surface area contributed by atoms with Gasteiger partial charge in [0.15, 0.2) is 0 Å². The normalized spacial score (nSPS) is 21.2. The molecule has 1 aromatic heterocycles. The molecule has 0 radical (unpaired) electrons. The van der Waals surface area contributed by atoms with Crippen LogP contribution in [-0.2, 0) is 11.3 Å². The molecular weight excluding hydrogens is 268 g/mol. The second-order valence-corrected chi connectivity index (χ2v) is 5.76. The smallest absolute Gasteiger partial charge is 0.239 e. The molecule has 1 amide bonds. The van der Waals surface area contributed by atoms with E-state index in [9.17, 15) is 9.90 Å². The summed E-state index contributed by atoms with van der Waals surface area (Å²) >= 11 is 0. The minimum Gasteiger partial charge on any atom is -0.392 e. The number of anilines is 1. The first kappa shape index (κ1) is 16.0. The van der Waals surface area contributed by atoms with Crippen molar-refractivity contribution in [1.82, 2.24) is 14.7 Å². The van der Waals surface area contributed by atoms with Gasteiger partial charge in [0.1, 0.15) is 5.82 Å². The number of hydrogen-bond acceptors (Lipinski definition) is 4. The summed E-state index contributed by atoms with van der Waals surface area (Å²) in [6.07, 6.45) is 5.44. The van der Waals surface area contributed by atoms with Gasteiger partial charge >= 0.3 is 0 Å². The third-order valence-corrected chi connectivity index (χ3v) is 3.99. The van der Waals surface area contributed by atoms with Gasteiger partial charge in [-0.3, -0.25) is 9.69 Å². The molecule has 1 aliphatic heterocycles. The average molecular weight is 294 g/mol. The van der Waals surface area contributed by atoms with Crippen LogP contribution in [0.1, 0.15) is 39.5 Å². The van der Waals surface area contributed by atoms with Gasteiger partial charge in [0.05, 0.1) is 18.8 Å². The van der Waals surface area contributed by atoms with Gasteiger partial charge in [0.2, 0.25) is 5.91 Å². The van der Waals surface area contributed by atoms with Gasteiger partial charge in [-0.1, -0.05) is 13.3 Å². The van der Waals surface area contributed by atoms with Gasteiger partial charge in [-0.25, -0.2) is 4.68 Å². The number of nitrogens with one attached hydrogen (secondary N) is 1. The van der Waals surface area contributed by atoms with E-state index in [1.807, 2.05) is 6.07 Å². The van der Waals surface area contributed by atoms with E-state index < -0.39 is 6.10 Å². The first-order valence-electron chi connectivity index (χ1n) is 7.85. The number of nitrogens with zero attached hydrogens (tertiary/aromatic N) is 3. The zero-order valence-corrected chi connectivity index (χ0v) is 13.0. The first-order chi connectivity index (χ1) is 10.1. The van der Waals surface area contributed by atoms with Crippen molar-refractivity contribution in [1.29, 1.82) is 0 Å². The maximum Gasteiger partial charge on any atom is 0.239 e. The van der Waals surface area contributed by atoms with Crippen molar-refractivity contribution >= 4 is 11.7 Å². The van der Waals surface area contributed by atoms with Gasteiger partial charge in [0, 0.05) is 18.7 Å². The number of piperidine rings is 1. The minimum atomic E-state index is -0.399. The molecule has 1 aliphatic rings. The fraction of sp³-hybridized carbons (Fsp3) is 0.733. The number of hydrogen-bond donors (Lipinski definition) is 2. The maximum absolute atomic E-state index is 12.2. The molecule has 0 aliphatic carbocycles. The molecule has 2 unspecified atom stereocenters. The fourth-order valence-corrected chi connectivity index (χ4v) is 2.96. The monoisotopic (exact) mass is 294 g/mol. The van der Waals surface area contributed by atoms with E-state index in [4.69, 9.17) is 0 Å². The largest absolute Gasteiger partial charge is 0.392 e. The number of likely N-dealkylation sites (tertiary alicyclic amines) is 1. The fourth-order valence-electron chi connectivity index (χ4n) is 2.96. The van der Waals surface area contributed by atoms with Crippen molar-refractivity contribution in [3.63, 3.8) is 0 Å². The summed E-state index contributed by atoms with van der Waals surface area (Å²) in [5, 5.41) is 17.0. The average Bonchev–Trinajstić information content (AvgIpc) is 2.86. The number of carbonyl (C=O) groups is 1. The Labute approximate surface area is 126 Å². The first-order valence-corrected chi connectivity index (χ1v) is 7.85. The SMILES string of the molecule is CCCn1nccc1NC(=O)CN1CCCCC1C(C)O. The van der Waals surface area contributed by atoms with Gasteiger partial charge < -0.3 is 10.4 Å². The van der Waals surface area contributed by atoms with Gasteiger partial charge in [-0.05, 0) is 32.7 Å². The lowest BCUT2D eigenvalue weighted by Crippen LogP contribution is -2.48. The molecule has 6 heteroatoms. The Morgan fingerprint density at radius 3 is 3.10 bits per heavy atom. The summed E-state index contributed by atoms with van der Waals surface area (Å²) in [6, 6.07) is 1.90. The molecule has 118 valence electrons. The Morgan fingerprint density at radius 2 is 2.38 bits per heavy atom. The van der Waals surface area contributed by atoms with E-state index in [-0.39, 0.29) is 11.9 Å². The lowest BCUT2D eigenvalue weighted by Gasteiger charge is -2.36. The molecule has 2 atom stereocenters. The maximum atomic E-state index is 12.2. The molecule has 1 saturated heterocycles. The minimum absolute atomic E-state index is 0.0413. The van der Waals surface area contributed by atoms with E-state index >= 15 is 0 Å². The van der Waals surface area contributed by atoms with Crippen molar-refractivity contribution < 1.29 is 9.90 Å². The number of aromatic nitrogens is 2. The van der Waals surface area contributed by atoms with Crippen molar-refractivity contribution in [2.45, 2.75) is 58.2 Å². The van der Waals surface area contributed by atoms with Crippen molar-refractivity contribution in [2.75, 3.05) is 18.4 Å². The summed E-state index contributed by atoms with van der Waals surface area (Å²) in [4.78, 5) is 14.3. The van der Waals surface area contributed by atoms with Crippen LogP contribution in [0.3, 0.4) is 0 Å². The van der Waals surface area contributed by atoms with E-state index in [1.165, 1.54) is 0 Å². The molecule has 1 aromatic rings. The van der Waals surface area contributed by atoms with Crippen molar-refractivity contribution in [2.24, 2.45) is 0 Å². The highest BCUT2D eigenvalue weighted by molar-refractivity contribution is 5.91. The highest BCUT2D eigenvalue weighted by Crippen LogP contribution is 2.19. The van der Waals surface area contributed by atoms with Crippen LogP contribution in [0.2, 0.25) is 0 Å². The Bertz CT molecular complexity index is 458. The number of carbonyl (C=O) groups excluding carboxylic acids is 1. The summed E-state index contributed by atoms with van der Waals surface area (Å²) in [6.45, 7) is 5.87. The third-order valence-electron chi connectivity index (χ3n) is 3.99. The summed E-state index contributed by atoms with van der Waals surface area (Å²) in [7, 11) is 0. The predicted octanol–water partition coefficient (Wildman–Crippen LogP) is 1.47. The number of aryl methyl sites for hydroxylation is 1. The highest BCUT2D eigenvalue weighted by Gasteiger charge is 2.27. The summed E-state index contributed by atoms with van der Waals surface area (Å²) < 4.78 is 1.81. The number of aliphatic hydroxyl groups excluding tert-OH is 1. The molecule has 0 spiro atoms. The quantitative estimate of drug-likeness (QED) is 0.833. The predicted molar refractivity (Wildman–Crippen MR) is 82.0 cm³/mol. The van der Waals surface area contributed by atoms with E-state index in [2.05, 4.69) is 22.2 Å². The lowest BCUT2D eigenvalue weighted by atomic mass is 9.98. The van der Waals surface area contributed by atoms with E-state index in [0.717, 1.165) is 44.6 Å². The Morgan fingerprint density at radius 1 is 1.57 bits per heavy atom. The van der Waals surface area contributed by atoms with E-state index in [1.54, 1.807) is 17.8 Å². The van der Waals surface area contributed by atoms with Crippen LogP contribution >= 0.6 is 0 Å². The van der Waals surface area contributed by atoms with Crippen LogP contribution in [0.15, 0.2) is 12.3 Å². The van der Waals surface area contributed by atoms with Crippen LogP contribution < -0.4 is 5.32 Å². The van der Waals surface area contributed by atoms with Crippen LogP contribution in [0, 0.1) is 0 Å². The van der Waals surface area contributed by atoms with Gasteiger partial charge in [-0.15, -0.1) is 0 Å². The van der Waals surface area contributed by atoms with Crippen molar-refractivity contribution in [3.05, 3.63) is 12.3 Å². The van der Waals surface area contributed by atoms with Crippen LogP contribution in [0.4, 0.5) is 5.82 Å². The number of aliphatic hydroxyl groups is 1. The molecule has 2 rings (SSSR count). The van der Waals surface area contributed by atoms with Gasteiger partial charge in [-0.2, -0.15) is 5.10 Å². The van der Waals surface area contributed by atoms with Crippen LogP contribution in [0.5, 0.6) is 0 Å². The number of rotatable bonds is 6. The molecule has 2 N–H and O–H groups in total. The standard InChI is InChI=1S/C15H26N4O2/c1-3-9-19-14(7-8-16-19)17-15(21)11-18-10-5-4-6-13(18)12(2)20/h7-8,12-13,20H,3-6,9-11H2,1-2H3,(H,17,21). The van der Waals surface area contributed by atoms with Crippen LogP contribution in [0.25, 0.3) is 0 Å². The zero-order chi connectivity index (χ0) is 15.2. The Kier molecular flexibility index (Phi) is 5.76. The molecule has 1 fully saturated rings. The molecule has 2 heterocycles. The number of amides is 1. The Balaban J connectivity index is 1.92. The summed E-state index contributed by atoms with van der Waals surface area (Å²) in [5.41, 5.74) is 0. The summed E-state index contributed by atoms with van der Waals surface area (Å²) in [5.74, 6) is 0.702. The molecule has 0 saturated carbocycles. The zero-order valence-electron chi connectivity index (χ0n) is 13.0. The molecule has 6 nitrogen and oxygen atoms in total. The van der Waals surface area contributed by atoms with Gasteiger partial charge in [0.25, 0.3) is 0 Å². The Hall–Kier alpha value is -1.40. The second-order valence-electron chi connectivity index (χ2n) is 5.76. The molecule has 21 heavy (non-hydrogen) atoms. The second kappa shape index (κ2) is 7.56. The lowest BCUT2D eigenvalue weighted by molar-refractivity contribution is -0.119. The van der Waals surface area contributed by atoms with Crippen molar-refractivity contribution in [3.8, 4) is 0 Å². The van der Waals surface area contributed by atoms with E-state index in [0.29, 0.717) is 6.54 Å². The topological polar surface area (TPSA) is 70.4 Å². The highest BCUT2D eigenvalue weighted by atomic mass is 16.3. The third kappa shape index (κ3) is 4.28. The molecular formula is C15H26N4O2. The van der Waals surface area contributed by atoms with Crippen LogP contribution in [-0.4, -0.2) is 50.9 Å². The molecule has 0 aromatic carbocycles.